The molecule has 0 aliphatic carbocycles. The Morgan fingerprint density at radius 2 is 0.918 bits per heavy atom. The maximum Gasteiger partial charge on any atom is 0.306 e. The third-order valence-corrected chi connectivity index (χ3v) is 11.3. The first-order valence-corrected chi connectivity index (χ1v) is 25.7. The summed E-state index contributed by atoms with van der Waals surface area (Å²) in [7, 11) is 0. The van der Waals surface area contributed by atoms with Gasteiger partial charge in [-0.2, -0.15) is 0 Å². The van der Waals surface area contributed by atoms with Crippen molar-refractivity contribution in [3.63, 3.8) is 0 Å². The van der Waals surface area contributed by atoms with Crippen LogP contribution < -0.4 is 5.32 Å². The number of aliphatic hydroxyl groups is 2. The summed E-state index contributed by atoms with van der Waals surface area (Å²) in [5.74, 6) is -0.600. The number of aliphatic hydroxyl groups excluding tert-OH is 2. The maximum atomic E-state index is 13.2. The SMILES string of the molecule is CC/C=C\C/C=C\C/C=C\C/C=C\C/C=C\CC(CC(=O)NC(CO)C(O)CCCCCCCCCCCCCCCC)OC(=O)CCCCC/C=C\CCCCCCCC. The molecule has 0 saturated heterocycles. The number of hydrogen-bond acceptors (Lipinski definition) is 5. The van der Waals surface area contributed by atoms with E-state index >= 15 is 0 Å². The summed E-state index contributed by atoms with van der Waals surface area (Å²) in [6.45, 7) is 6.33. The van der Waals surface area contributed by atoms with Crippen LogP contribution in [0.25, 0.3) is 0 Å². The fraction of sp³-hybridized carbons (Fsp3) is 0.745. The number of unbranched alkanes of at least 4 members (excludes halogenated alkanes) is 22. The van der Waals surface area contributed by atoms with Gasteiger partial charge in [-0.25, -0.2) is 0 Å². The molecular formula is C55H97NO5. The second-order valence-corrected chi connectivity index (χ2v) is 17.2. The summed E-state index contributed by atoms with van der Waals surface area (Å²) in [6, 6.07) is -0.737. The molecule has 6 heteroatoms. The van der Waals surface area contributed by atoms with Crippen LogP contribution in [0.5, 0.6) is 0 Å². The van der Waals surface area contributed by atoms with E-state index in [9.17, 15) is 19.8 Å². The fourth-order valence-corrected chi connectivity index (χ4v) is 7.39. The molecule has 0 rings (SSSR count). The second kappa shape index (κ2) is 48.3. The van der Waals surface area contributed by atoms with Gasteiger partial charge in [0.2, 0.25) is 5.91 Å². The molecule has 0 aromatic rings. The monoisotopic (exact) mass is 852 g/mol. The van der Waals surface area contributed by atoms with Crippen LogP contribution in [0.2, 0.25) is 0 Å². The molecule has 0 saturated carbocycles. The highest BCUT2D eigenvalue weighted by Crippen LogP contribution is 2.16. The number of rotatable bonds is 45. The van der Waals surface area contributed by atoms with Crippen molar-refractivity contribution in [1.29, 1.82) is 0 Å². The molecule has 352 valence electrons. The summed E-state index contributed by atoms with van der Waals surface area (Å²) >= 11 is 0. The zero-order valence-electron chi connectivity index (χ0n) is 40.0. The molecular weight excluding hydrogens is 755 g/mol. The average Bonchev–Trinajstić information content (AvgIpc) is 3.25. The third-order valence-electron chi connectivity index (χ3n) is 11.3. The van der Waals surface area contributed by atoms with Crippen molar-refractivity contribution < 1.29 is 24.5 Å². The van der Waals surface area contributed by atoms with E-state index in [1.165, 1.54) is 109 Å². The lowest BCUT2D eigenvalue weighted by atomic mass is 10.0. The predicted molar refractivity (Wildman–Crippen MR) is 264 cm³/mol. The van der Waals surface area contributed by atoms with Gasteiger partial charge in [0.25, 0.3) is 0 Å². The summed E-state index contributed by atoms with van der Waals surface area (Å²) in [5.41, 5.74) is 0. The van der Waals surface area contributed by atoms with Crippen molar-refractivity contribution in [3.8, 4) is 0 Å². The standard InChI is InChI=1S/C55H97NO5/c1-4-7-10-13-16-19-22-25-27-29-31-34-37-40-43-46-51(61-55(60)48-45-42-39-36-33-28-24-21-18-15-12-9-6-3)49-54(59)56-52(50-57)53(58)47-44-41-38-35-32-30-26-23-20-17-14-11-8-5-2/h7,10,16,19,25,27-28,31,33-34,40,43,51-53,57-58H,4-6,8-9,11-15,17-18,20-24,26,29-30,32,35-39,41-42,44-50H2,1-3H3,(H,56,59)/b10-7-,19-16-,27-25-,33-28-,34-31-,43-40-. The van der Waals surface area contributed by atoms with E-state index in [4.69, 9.17) is 4.74 Å². The van der Waals surface area contributed by atoms with Gasteiger partial charge in [0.05, 0.1) is 25.2 Å². The van der Waals surface area contributed by atoms with Crippen LogP contribution in [-0.2, 0) is 14.3 Å². The fourth-order valence-electron chi connectivity index (χ4n) is 7.39. The van der Waals surface area contributed by atoms with Crippen molar-refractivity contribution >= 4 is 11.9 Å². The number of allylic oxidation sites excluding steroid dienone is 11. The number of amides is 1. The van der Waals surface area contributed by atoms with Gasteiger partial charge in [-0.15, -0.1) is 0 Å². The zero-order chi connectivity index (χ0) is 44.5. The summed E-state index contributed by atoms with van der Waals surface area (Å²) < 4.78 is 5.85. The highest BCUT2D eigenvalue weighted by molar-refractivity contribution is 5.77. The number of nitrogens with one attached hydrogen (secondary N) is 1. The molecule has 0 heterocycles. The Morgan fingerprint density at radius 1 is 0.508 bits per heavy atom. The van der Waals surface area contributed by atoms with Gasteiger partial charge in [-0.1, -0.05) is 222 Å². The van der Waals surface area contributed by atoms with Crippen LogP contribution in [0.1, 0.15) is 239 Å². The molecule has 61 heavy (non-hydrogen) atoms. The minimum Gasteiger partial charge on any atom is -0.461 e. The molecule has 0 fully saturated rings. The Hall–Kier alpha value is -2.70. The van der Waals surface area contributed by atoms with Gasteiger partial charge >= 0.3 is 5.97 Å². The lowest BCUT2D eigenvalue weighted by Gasteiger charge is -2.24. The highest BCUT2D eigenvalue weighted by Gasteiger charge is 2.23. The molecule has 0 aromatic heterocycles. The van der Waals surface area contributed by atoms with Crippen LogP contribution in [0.4, 0.5) is 0 Å². The molecule has 6 nitrogen and oxygen atoms in total. The van der Waals surface area contributed by atoms with Gasteiger partial charge in [0.1, 0.15) is 6.10 Å². The topological polar surface area (TPSA) is 95.9 Å². The summed E-state index contributed by atoms with van der Waals surface area (Å²) in [5, 5.41) is 23.7. The van der Waals surface area contributed by atoms with Crippen LogP contribution in [0.15, 0.2) is 72.9 Å². The Morgan fingerprint density at radius 3 is 1.38 bits per heavy atom. The molecule has 0 bridgehead atoms. The van der Waals surface area contributed by atoms with E-state index in [-0.39, 0.29) is 24.9 Å². The van der Waals surface area contributed by atoms with E-state index in [0.717, 1.165) is 83.5 Å². The molecule has 0 spiro atoms. The normalized spacial score (nSPS) is 13.9. The van der Waals surface area contributed by atoms with Gasteiger partial charge in [-0.05, 0) is 70.6 Å². The van der Waals surface area contributed by atoms with Crippen molar-refractivity contribution in [3.05, 3.63) is 72.9 Å². The van der Waals surface area contributed by atoms with Crippen molar-refractivity contribution in [2.45, 2.75) is 257 Å². The first kappa shape index (κ1) is 58.3. The predicted octanol–water partition coefficient (Wildman–Crippen LogP) is 15.4. The quantitative estimate of drug-likeness (QED) is 0.0322. The van der Waals surface area contributed by atoms with Crippen molar-refractivity contribution in [1.82, 2.24) is 5.32 Å². The molecule has 3 N–H and O–H groups in total. The average molecular weight is 852 g/mol. The van der Waals surface area contributed by atoms with E-state index in [0.29, 0.717) is 19.3 Å². The van der Waals surface area contributed by atoms with E-state index in [1.54, 1.807) is 0 Å². The maximum absolute atomic E-state index is 13.2. The van der Waals surface area contributed by atoms with Gasteiger partial charge in [0, 0.05) is 12.8 Å². The minimum absolute atomic E-state index is 0.00841. The molecule has 1 amide bonds. The first-order valence-electron chi connectivity index (χ1n) is 25.7. The second-order valence-electron chi connectivity index (χ2n) is 17.2. The third kappa shape index (κ3) is 43.7. The highest BCUT2D eigenvalue weighted by atomic mass is 16.5. The van der Waals surface area contributed by atoms with Gasteiger partial charge in [0.15, 0.2) is 0 Å². The number of carbonyl (C=O) groups excluding carboxylic acids is 2. The smallest absolute Gasteiger partial charge is 0.306 e. The van der Waals surface area contributed by atoms with Gasteiger partial charge in [-0.3, -0.25) is 9.59 Å². The van der Waals surface area contributed by atoms with Crippen molar-refractivity contribution in [2.24, 2.45) is 0 Å². The lowest BCUT2D eigenvalue weighted by Crippen LogP contribution is -2.46. The number of ether oxygens (including phenoxy) is 1. The van der Waals surface area contributed by atoms with E-state index in [2.05, 4.69) is 86.8 Å². The lowest BCUT2D eigenvalue weighted by molar-refractivity contribution is -0.150. The van der Waals surface area contributed by atoms with Crippen molar-refractivity contribution in [2.75, 3.05) is 6.61 Å². The Bertz CT molecular complexity index is 1140. The molecule has 0 aliphatic heterocycles. The molecule has 0 aliphatic rings. The number of esters is 1. The summed E-state index contributed by atoms with van der Waals surface area (Å²) in [4.78, 5) is 26.1. The summed E-state index contributed by atoms with van der Waals surface area (Å²) in [6.07, 6.45) is 61.2. The Kier molecular flexibility index (Phi) is 46.2. The van der Waals surface area contributed by atoms with Crippen LogP contribution in [-0.4, -0.2) is 46.9 Å². The Balaban J connectivity index is 4.73. The molecule has 3 atom stereocenters. The van der Waals surface area contributed by atoms with E-state index in [1.807, 2.05) is 12.2 Å². The number of carbonyl (C=O) groups is 2. The Labute approximate surface area is 377 Å². The first-order chi connectivity index (χ1) is 30.0. The van der Waals surface area contributed by atoms with E-state index < -0.39 is 18.2 Å². The minimum atomic E-state index is -0.816. The largest absolute Gasteiger partial charge is 0.461 e. The molecule has 0 aromatic carbocycles. The molecule has 3 unspecified atom stereocenters. The zero-order valence-corrected chi connectivity index (χ0v) is 40.0. The van der Waals surface area contributed by atoms with Gasteiger partial charge < -0.3 is 20.3 Å². The van der Waals surface area contributed by atoms with Crippen LogP contribution >= 0.6 is 0 Å². The van der Waals surface area contributed by atoms with Crippen LogP contribution in [0.3, 0.4) is 0 Å². The number of hydrogen-bond donors (Lipinski definition) is 3. The molecule has 0 radical (unpaired) electrons. The van der Waals surface area contributed by atoms with Crippen LogP contribution in [0, 0.1) is 0 Å².